The molecule has 4 N–H and O–H groups in total. The Balaban J connectivity index is 2.60. The number of amidine groups is 1. The van der Waals surface area contributed by atoms with Gasteiger partial charge in [0.05, 0.1) is 0 Å². The molecule has 1 aliphatic rings. The molecule has 0 aromatic carbocycles. The van der Waals surface area contributed by atoms with Crippen LogP contribution in [0, 0.1) is 11.8 Å². The maximum atomic E-state index is 12.8. The van der Waals surface area contributed by atoms with Crippen molar-refractivity contribution in [2.75, 3.05) is 6.54 Å². The van der Waals surface area contributed by atoms with Gasteiger partial charge in [-0.25, -0.2) is 0 Å². The third-order valence-electron chi connectivity index (χ3n) is 4.11. The van der Waals surface area contributed by atoms with E-state index in [1.165, 1.54) is 6.42 Å². The molecule has 118 valence electrons. The zero-order chi connectivity index (χ0) is 15.2. The molecule has 0 saturated heterocycles. The number of alkyl halides is 3. The zero-order valence-electron chi connectivity index (χ0n) is 11.8. The fourth-order valence-electron chi connectivity index (χ4n) is 2.91. The van der Waals surface area contributed by atoms with Gasteiger partial charge in [-0.15, -0.1) is 0 Å². The molecule has 0 bridgehead atoms. The first-order valence-corrected chi connectivity index (χ1v) is 7.17. The highest BCUT2D eigenvalue weighted by molar-refractivity contribution is 5.83. The maximum absolute atomic E-state index is 12.8. The number of hydrogen-bond acceptors (Lipinski definition) is 3. The summed E-state index contributed by atoms with van der Waals surface area (Å²) in [6, 6.07) is 0.0617. The highest BCUT2D eigenvalue weighted by Crippen LogP contribution is 2.29. The molecule has 0 aromatic rings. The van der Waals surface area contributed by atoms with Crippen molar-refractivity contribution in [2.24, 2.45) is 22.7 Å². The summed E-state index contributed by atoms with van der Waals surface area (Å²) in [7, 11) is 0. The average Bonchev–Trinajstić information content (AvgIpc) is 2.42. The van der Waals surface area contributed by atoms with Gasteiger partial charge in [-0.3, -0.25) is 0 Å². The van der Waals surface area contributed by atoms with Gasteiger partial charge in [0.15, 0.2) is 5.84 Å². The molecule has 7 heteroatoms. The van der Waals surface area contributed by atoms with Crippen LogP contribution in [0.2, 0.25) is 0 Å². The van der Waals surface area contributed by atoms with Crippen LogP contribution < -0.4 is 11.1 Å². The molecular weight excluding hydrogens is 271 g/mol. The summed E-state index contributed by atoms with van der Waals surface area (Å²) in [4.78, 5) is 0. The first-order chi connectivity index (χ1) is 9.40. The number of hydrogen-bond donors (Lipinski definition) is 3. The lowest BCUT2D eigenvalue weighted by molar-refractivity contribution is -0.155. The summed E-state index contributed by atoms with van der Waals surface area (Å²) in [6.07, 6.45) is 1.90. The van der Waals surface area contributed by atoms with Crippen molar-refractivity contribution in [3.05, 3.63) is 0 Å². The second kappa shape index (κ2) is 7.71. The van der Waals surface area contributed by atoms with Crippen molar-refractivity contribution < 1.29 is 18.4 Å². The van der Waals surface area contributed by atoms with E-state index in [1.54, 1.807) is 0 Å². The van der Waals surface area contributed by atoms with E-state index < -0.39 is 17.9 Å². The SMILES string of the molecule is CCC(NCC(C(N)=NO)C(F)(F)F)C1CCCCC1. The van der Waals surface area contributed by atoms with Gasteiger partial charge < -0.3 is 16.3 Å². The van der Waals surface area contributed by atoms with E-state index in [0.29, 0.717) is 5.92 Å². The van der Waals surface area contributed by atoms with Crippen molar-refractivity contribution >= 4 is 5.84 Å². The fourth-order valence-corrected chi connectivity index (χ4v) is 2.91. The number of nitrogens with zero attached hydrogens (tertiary/aromatic N) is 1. The van der Waals surface area contributed by atoms with Crippen molar-refractivity contribution in [1.82, 2.24) is 5.32 Å². The van der Waals surface area contributed by atoms with Crippen molar-refractivity contribution in [2.45, 2.75) is 57.7 Å². The highest BCUT2D eigenvalue weighted by atomic mass is 19.4. The third-order valence-corrected chi connectivity index (χ3v) is 4.11. The van der Waals surface area contributed by atoms with Gasteiger partial charge in [0.25, 0.3) is 0 Å². The van der Waals surface area contributed by atoms with E-state index >= 15 is 0 Å². The summed E-state index contributed by atoms with van der Waals surface area (Å²) < 4.78 is 38.5. The molecule has 0 amide bonds. The number of halogens is 3. The minimum atomic E-state index is -4.51. The zero-order valence-corrected chi connectivity index (χ0v) is 11.8. The molecule has 0 spiro atoms. The Labute approximate surface area is 117 Å². The minimum Gasteiger partial charge on any atom is -0.409 e. The van der Waals surface area contributed by atoms with Gasteiger partial charge in [0.2, 0.25) is 0 Å². The normalized spacial score (nSPS) is 21.7. The predicted octanol–water partition coefficient (Wildman–Crippen LogP) is 2.86. The number of nitrogens with two attached hydrogens (primary N) is 1. The Morgan fingerprint density at radius 1 is 1.35 bits per heavy atom. The lowest BCUT2D eigenvalue weighted by atomic mass is 9.82. The predicted molar refractivity (Wildman–Crippen MR) is 71.6 cm³/mol. The summed E-state index contributed by atoms with van der Waals surface area (Å²) in [5, 5.41) is 13.9. The van der Waals surface area contributed by atoms with Crippen LogP contribution in [-0.4, -0.2) is 29.8 Å². The number of oxime groups is 1. The topological polar surface area (TPSA) is 70.6 Å². The van der Waals surface area contributed by atoms with E-state index in [1.807, 2.05) is 6.92 Å². The lowest BCUT2D eigenvalue weighted by Crippen LogP contribution is -2.47. The lowest BCUT2D eigenvalue weighted by Gasteiger charge is -2.32. The first-order valence-electron chi connectivity index (χ1n) is 7.17. The highest BCUT2D eigenvalue weighted by Gasteiger charge is 2.43. The van der Waals surface area contributed by atoms with E-state index in [0.717, 1.165) is 32.1 Å². The molecule has 20 heavy (non-hydrogen) atoms. The Kier molecular flexibility index (Phi) is 6.58. The molecule has 0 aromatic heterocycles. The van der Waals surface area contributed by atoms with Crippen molar-refractivity contribution in [3.8, 4) is 0 Å². The minimum absolute atomic E-state index is 0.0617. The molecule has 1 rings (SSSR count). The molecular formula is C13H24F3N3O. The second-order valence-electron chi connectivity index (χ2n) is 5.44. The van der Waals surface area contributed by atoms with E-state index in [9.17, 15) is 13.2 Å². The summed E-state index contributed by atoms with van der Waals surface area (Å²) in [5.41, 5.74) is 5.15. The first kappa shape index (κ1) is 17.1. The molecule has 1 aliphatic carbocycles. The van der Waals surface area contributed by atoms with E-state index in [2.05, 4.69) is 10.5 Å². The van der Waals surface area contributed by atoms with Crippen LogP contribution in [-0.2, 0) is 0 Å². The van der Waals surface area contributed by atoms with E-state index in [4.69, 9.17) is 10.9 Å². The van der Waals surface area contributed by atoms with Gasteiger partial charge in [-0.05, 0) is 25.2 Å². The molecule has 0 aliphatic heterocycles. The van der Waals surface area contributed by atoms with Crippen molar-refractivity contribution in [1.29, 1.82) is 0 Å². The standard InChI is InChI=1S/C13H24F3N3O/c1-2-11(9-6-4-3-5-7-9)18-8-10(12(17)19-20)13(14,15)16/h9-11,18,20H,2-8H2,1H3,(H2,17,19). The quantitative estimate of drug-likeness (QED) is 0.305. The van der Waals surface area contributed by atoms with Gasteiger partial charge in [0, 0.05) is 12.6 Å². The van der Waals surface area contributed by atoms with Gasteiger partial charge in [0.1, 0.15) is 5.92 Å². The Morgan fingerprint density at radius 3 is 2.40 bits per heavy atom. The monoisotopic (exact) mass is 295 g/mol. The van der Waals surface area contributed by atoms with Crippen molar-refractivity contribution in [3.63, 3.8) is 0 Å². The van der Waals surface area contributed by atoms with Crippen LogP contribution in [0.25, 0.3) is 0 Å². The van der Waals surface area contributed by atoms with Crippen LogP contribution in [0.5, 0.6) is 0 Å². The molecule has 0 heterocycles. The average molecular weight is 295 g/mol. The summed E-state index contributed by atoms with van der Waals surface area (Å²) in [6.45, 7) is 1.63. The van der Waals surface area contributed by atoms with E-state index in [-0.39, 0.29) is 12.6 Å². The largest absolute Gasteiger partial charge is 0.409 e. The molecule has 1 fully saturated rings. The molecule has 1 saturated carbocycles. The van der Waals surface area contributed by atoms with Crippen LogP contribution in [0.3, 0.4) is 0 Å². The molecule has 4 nitrogen and oxygen atoms in total. The third kappa shape index (κ3) is 4.85. The summed E-state index contributed by atoms with van der Waals surface area (Å²) in [5.74, 6) is -2.30. The van der Waals surface area contributed by atoms with Crippen LogP contribution in [0.1, 0.15) is 45.4 Å². The molecule has 2 unspecified atom stereocenters. The van der Waals surface area contributed by atoms with Gasteiger partial charge in [-0.1, -0.05) is 31.3 Å². The van der Waals surface area contributed by atoms with Crippen LogP contribution in [0.15, 0.2) is 5.16 Å². The summed E-state index contributed by atoms with van der Waals surface area (Å²) >= 11 is 0. The molecule has 0 radical (unpaired) electrons. The van der Waals surface area contributed by atoms with Crippen LogP contribution in [0.4, 0.5) is 13.2 Å². The smallest absolute Gasteiger partial charge is 0.400 e. The molecule has 2 atom stereocenters. The Bertz CT molecular complexity index is 314. The Morgan fingerprint density at radius 2 is 1.95 bits per heavy atom. The second-order valence-corrected chi connectivity index (χ2v) is 5.44. The fraction of sp³-hybridized carbons (Fsp3) is 0.923. The van der Waals surface area contributed by atoms with Gasteiger partial charge >= 0.3 is 6.18 Å². The van der Waals surface area contributed by atoms with Crippen LogP contribution >= 0.6 is 0 Å². The van der Waals surface area contributed by atoms with Gasteiger partial charge in [-0.2, -0.15) is 13.2 Å². The maximum Gasteiger partial charge on any atom is 0.400 e. The number of nitrogens with one attached hydrogen (secondary N) is 1. The number of rotatable bonds is 6. The Hall–Kier alpha value is -0.980.